The summed E-state index contributed by atoms with van der Waals surface area (Å²) in [5.41, 5.74) is 16.9. The number of hydrogen-bond donors (Lipinski definition) is 3. The summed E-state index contributed by atoms with van der Waals surface area (Å²) in [6, 6.07) is 58.3. The van der Waals surface area contributed by atoms with Gasteiger partial charge in [0.1, 0.15) is 45.6 Å². The molecule has 1 unspecified atom stereocenters. The van der Waals surface area contributed by atoms with E-state index in [1.165, 1.54) is 25.7 Å². The number of halogens is 4. The number of hydrogen-bond acceptors (Lipinski definition) is 17. The Hall–Kier alpha value is -10.8. The summed E-state index contributed by atoms with van der Waals surface area (Å²) < 4.78 is 21.7. The molecule has 2 bridgehead atoms. The zero-order valence-electron chi connectivity index (χ0n) is 65.8. The zero-order valence-corrected chi connectivity index (χ0v) is 68.8. The second-order valence-corrected chi connectivity index (χ2v) is 32.5. The molecule has 16 aromatic rings. The molecular formula is C88H90Cl4N24O. The minimum atomic E-state index is 0.313. The minimum Gasteiger partial charge on any atom is -0.380 e. The maximum absolute atomic E-state index is 7.00. The molecule has 3 N–H and O–H groups in total. The van der Waals surface area contributed by atoms with Crippen LogP contribution < -0.4 is 16.0 Å². The van der Waals surface area contributed by atoms with Crippen molar-refractivity contribution in [2.24, 2.45) is 28.2 Å². The maximum atomic E-state index is 7.00. The van der Waals surface area contributed by atoms with E-state index < -0.39 is 0 Å². The number of fused-ring (bicyclic) bond motifs is 6. The highest BCUT2D eigenvalue weighted by molar-refractivity contribution is 6.40. The maximum Gasteiger partial charge on any atom is 0.182 e. The summed E-state index contributed by atoms with van der Waals surface area (Å²) in [6.07, 6.45) is 18.8. The van der Waals surface area contributed by atoms with Gasteiger partial charge in [0.25, 0.3) is 0 Å². The molecule has 12 aromatic heterocycles. The van der Waals surface area contributed by atoms with Crippen molar-refractivity contribution >= 4 is 90.5 Å². The smallest absolute Gasteiger partial charge is 0.182 e. The molecule has 5 fully saturated rings. The van der Waals surface area contributed by atoms with E-state index in [0.717, 1.165) is 184 Å². The van der Waals surface area contributed by atoms with Crippen molar-refractivity contribution in [2.45, 2.75) is 114 Å². The van der Waals surface area contributed by atoms with Gasteiger partial charge in [-0.2, -0.15) is 20.4 Å². The molecule has 0 amide bonds. The lowest BCUT2D eigenvalue weighted by Gasteiger charge is -2.29. The van der Waals surface area contributed by atoms with Crippen LogP contribution in [0.1, 0.15) is 63.8 Å². The molecule has 17 heterocycles. The molecule has 21 rings (SSSR count). The minimum absolute atomic E-state index is 0.313. The number of piperidine rings is 1. The fourth-order valence-corrected chi connectivity index (χ4v) is 18.5. The highest BCUT2D eigenvalue weighted by Gasteiger charge is 2.37. The highest BCUT2D eigenvalue weighted by atomic mass is 35.5. The van der Waals surface area contributed by atoms with E-state index in [1.54, 1.807) is 7.11 Å². The first-order valence-electron chi connectivity index (χ1n) is 40.2. The summed E-state index contributed by atoms with van der Waals surface area (Å²) in [4.78, 5) is 2.40. The predicted molar refractivity (Wildman–Crippen MR) is 463 cm³/mol. The van der Waals surface area contributed by atoms with Crippen LogP contribution in [0, 0.1) is 0 Å². The third kappa shape index (κ3) is 15.6. The summed E-state index contributed by atoms with van der Waals surface area (Å²) in [6.45, 7) is 7.21. The van der Waals surface area contributed by atoms with Crippen molar-refractivity contribution < 1.29 is 4.74 Å². The van der Waals surface area contributed by atoms with Gasteiger partial charge in [0.2, 0.25) is 0 Å². The van der Waals surface area contributed by atoms with Crippen molar-refractivity contribution in [3.63, 3.8) is 0 Å². The van der Waals surface area contributed by atoms with Gasteiger partial charge in [0, 0.05) is 126 Å². The van der Waals surface area contributed by atoms with Gasteiger partial charge in [-0.1, -0.05) is 168 Å². The average molecular weight is 1640 g/mol. The van der Waals surface area contributed by atoms with Crippen LogP contribution >= 0.6 is 46.4 Å². The third-order valence-electron chi connectivity index (χ3n) is 23.4. The Morgan fingerprint density at radius 3 is 1.07 bits per heavy atom. The monoisotopic (exact) mass is 1640 g/mol. The van der Waals surface area contributed by atoms with Gasteiger partial charge in [-0.05, 0) is 119 Å². The molecule has 5 aliphatic heterocycles. The molecule has 29 heteroatoms. The quantitative estimate of drug-likeness (QED) is 0.0767. The second-order valence-electron chi connectivity index (χ2n) is 30.9. The third-order valence-corrected chi connectivity index (χ3v) is 24.9. The van der Waals surface area contributed by atoms with Crippen LogP contribution in [0.25, 0.3) is 135 Å². The number of methoxy groups -OCH3 is 1. The van der Waals surface area contributed by atoms with E-state index in [4.69, 9.17) is 71.5 Å². The molecule has 596 valence electrons. The number of benzene rings is 4. The molecular weight excluding hydrogens is 1550 g/mol. The first-order chi connectivity index (χ1) is 57.3. The van der Waals surface area contributed by atoms with E-state index in [0.29, 0.717) is 91.4 Å². The van der Waals surface area contributed by atoms with E-state index in [9.17, 15) is 0 Å². The fourth-order valence-electron chi connectivity index (χ4n) is 17.3. The van der Waals surface area contributed by atoms with Crippen molar-refractivity contribution in [1.29, 1.82) is 0 Å². The predicted octanol–water partition coefficient (Wildman–Crippen LogP) is 16.3. The molecule has 0 saturated carbocycles. The SMILES string of the molecule is CO[C@H]1CCN(CCn2nc(-c3cccn3C)c3c(Cl)c(-c4ccccc4)nnc32)C1.Cn1cccc1-c1nn(C2C[C@H]3CC[C@@H](C2)N3)c2nnc(-c3ccccc3)c(Cl)c12.Cn1cccc1-c1nn(C[C@@H]2CCCN2)c2nnc(-c3ccccc3)c(Cl)c12.Cn1cccc1-c1nn(C[C@H]2CCCN2)c2nnc(-c3ccccc3)c(Cl)c12. The first-order valence-corrected chi connectivity index (χ1v) is 41.7. The number of rotatable bonds is 17. The molecule has 117 heavy (non-hydrogen) atoms. The molecule has 4 aromatic carbocycles. The van der Waals surface area contributed by atoms with Gasteiger partial charge in [-0.15, -0.1) is 40.8 Å². The second kappa shape index (κ2) is 34.0. The van der Waals surface area contributed by atoms with Crippen LogP contribution in [-0.4, -0.2) is 173 Å². The number of nitrogens with one attached hydrogen (secondary N) is 3. The summed E-state index contributed by atoms with van der Waals surface area (Å²) in [7, 11) is 9.85. The molecule has 0 radical (unpaired) electrons. The number of likely N-dealkylation sites (tertiary alicyclic amines) is 1. The summed E-state index contributed by atoms with van der Waals surface area (Å²) >= 11 is 27.7. The van der Waals surface area contributed by atoms with Gasteiger partial charge in [-0.3, -0.25) is 4.90 Å². The van der Waals surface area contributed by atoms with Gasteiger partial charge in [-0.25, -0.2) is 18.7 Å². The van der Waals surface area contributed by atoms with Gasteiger partial charge >= 0.3 is 0 Å². The Morgan fingerprint density at radius 1 is 0.376 bits per heavy atom. The van der Waals surface area contributed by atoms with Crippen LogP contribution in [0.2, 0.25) is 20.1 Å². The molecule has 25 nitrogen and oxygen atoms in total. The Labute approximate surface area is 696 Å². The Morgan fingerprint density at radius 2 is 0.726 bits per heavy atom. The Balaban J connectivity index is 0.000000108. The topological polar surface area (TPSA) is 243 Å². The van der Waals surface area contributed by atoms with Crippen LogP contribution in [0.4, 0.5) is 0 Å². The number of ether oxygens (including phenoxy) is 1. The Bertz CT molecular complexity index is 5980. The van der Waals surface area contributed by atoms with E-state index in [-0.39, 0.29) is 0 Å². The van der Waals surface area contributed by atoms with Crippen molar-refractivity contribution in [3.8, 4) is 90.6 Å². The first kappa shape index (κ1) is 77.4. The van der Waals surface area contributed by atoms with Crippen molar-refractivity contribution in [3.05, 3.63) is 215 Å². The van der Waals surface area contributed by atoms with Gasteiger partial charge in [0.15, 0.2) is 22.6 Å². The molecule has 0 aliphatic carbocycles. The fraction of sp³-hybridized carbons (Fsp3) is 0.318. The van der Waals surface area contributed by atoms with Crippen LogP contribution in [-0.2, 0) is 52.6 Å². The zero-order chi connectivity index (χ0) is 79.8. The number of aromatic nitrogens is 20. The lowest BCUT2D eigenvalue weighted by atomic mass is 10.00. The molecule has 0 spiro atoms. The highest BCUT2D eigenvalue weighted by Crippen LogP contribution is 2.45. The van der Waals surface area contributed by atoms with E-state index in [2.05, 4.69) is 109 Å². The average Bonchev–Trinajstić information content (AvgIpc) is 1.58. The molecule has 5 aliphatic rings. The number of nitrogens with zero attached hydrogens (tertiary/aromatic N) is 21. The van der Waals surface area contributed by atoms with Crippen LogP contribution in [0.5, 0.6) is 0 Å². The summed E-state index contributed by atoms with van der Waals surface area (Å²) in [5.74, 6) is 0. The standard InChI is InChI=1S/C23H25ClN6O.C23H23ClN6.2C21H21ClN6/c1-28-11-6-9-18(28)22-19-20(24)21(16-7-4-3-5-8-16)25-26-23(19)30(27-22)14-13-29-12-10-17(15-29)31-2;1-29-11-5-8-18(29)22-19-20(24)21(14-6-3-2-4-7-14)26-27-23(19)30(28-22)17-12-15-9-10-16(13-17)25-15;2*1-27-12-6-10-16(27)20-17-18(22)19(14-7-3-2-4-8-14)24-25-21(17)28(26-20)13-15-9-5-11-23-15/h3-9,11,17H,10,12-15H2,1-2H3;2-8,11,15-17,25H,9-10,12-13H2,1H3;2*2-4,6-8,10,12,15,23H,5,9,11,13H2,1H3/t17-;15-,16+,17?;2*15-/m0.10/s1. The molecule has 6 atom stereocenters. The van der Waals surface area contributed by atoms with Gasteiger partial charge < -0.3 is 39.0 Å². The van der Waals surface area contributed by atoms with Crippen molar-refractivity contribution in [2.75, 3.05) is 39.8 Å². The normalized spacial score (nSPS) is 18.6. The van der Waals surface area contributed by atoms with Crippen LogP contribution in [0.15, 0.2) is 195 Å². The Kier molecular flexibility index (Phi) is 22.5. The summed E-state index contributed by atoms with van der Waals surface area (Å²) in [5, 5.41) is 72.7. The van der Waals surface area contributed by atoms with E-state index >= 15 is 0 Å². The molecule has 5 saturated heterocycles. The van der Waals surface area contributed by atoms with Crippen molar-refractivity contribution in [1.82, 2.24) is 119 Å². The van der Waals surface area contributed by atoms with Crippen LogP contribution in [0.3, 0.4) is 0 Å². The van der Waals surface area contributed by atoms with E-state index in [1.807, 2.05) is 213 Å². The lowest BCUT2D eigenvalue weighted by molar-refractivity contribution is 0.107. The van der Waals surface area contributed by atoms with Gasteiger partial charge in [0.05, 0.1) is 96.2 Å². The lowest BCUT2D eigenvalue weighted by Crippen LogP contribution is -2.39. The largest absolute Gasteiger partial charge is 0.380 e. The number of aryl methyl sites for hydroxylation is 4.